The van der Waals surface area contributed by atoms with Gasteiger partial charge in [0.2, 0.25) is 5.91 Å². The molecular weight excluding hydrogens is 273 g/mol. The van der Waals surface area contributed by atoms with Crippen LogP contribution in [-0.2, 0) is 4.79 Å². The molecule has 2 aromatic rings. The molecule has 3 nitrogen and oxygen atoms in total. The van der Waals surface area contributed by atoms with Gasteiger partial charge in [0.1, 0.15) is 5.76 Å². The highest BCUT2D eigenvalue weighted by Crippen LogP contribution is 2.25. The van der Waals surface area contributed by atoms with Crippen LogP contribution in [0.25, 0.3) is 6.08 Å². The molecule has 0 unspecified atom stereocenters. The van der Waals surface area contributed by atoms with E-state index in [1.807, 2.05) is 0 Å². The average Bonchev–Trinajstić information content (AvgIpc) is 2.84. The summed E-state index contributed by atoms with van der Waals surface area (Å²) >= 11 is 11.7. The third-order valence-electron chi connectivity index (χ3n) is 2.13. The largest absolute Gasteiger partial charge is 0.465 e. The zero-order valence-corrected chi connectivity index (χ0v) is 10.7. The summed E-state index contributed by atoms with van der Waals surface area (Å²) in [5, 5.41) is 3.56. The van der Waals surface area contributed by atoms with Crippen molar-refractivity contribution in [3.05, 3.63) is 58.5 Å². The number of furan rings is 1. The van der Waals surface area contributed by atoms with Crippen molar-refractivity contribution in [2.75, 3.05) is 5.32 Å². The summed E-state index contributed by atoms with van der Waals surface area (Å²) < 4.78 is 5.06. The minimum atomic E-state index is -0.310. The molecule has 92 valence electrons. The van der Waals surface area contributed by atoms with E-state index in [0.717, 1.165) is 0 Å². The van der Waals surface area contributed by atoms with Crippen LogP contribution in [0.1, 0.15) is 5.76 Å². The van der Waals surface area contributed by atoms with E-state index in [1.165, 1.54) is 12.3 Å². The molecule has 1 aromatic heterocycles. The topological polar surface area (TPSA) is 42.2 Å². The van der Waals surface area contributed by atoms with Gasteiger partial charge in [0.15, 0.2) is 0 Å². The minimum Gasteiger partial charge on any atom is -0.465 e. The normalized spacial score (nSPS) is 10.8. The number of hydrogen-bond acceptors (Lipinski definition) is 2. The highest BCUT2D eigenvalue weighted by atomic mass is 35.5. The lowest BCUT2D eigenvalue weighted by atomic mass is 10.3. The van der Waals surface area contributed by atoms with E-state index in [1.54, 1.807) is 36.4 Å². The van der Waals surface area contributed by atoms with Crippen LogP contribution in [0.15, 0.2) is 47.1 Å². The molecule has 18 heavy (non-hydrogen) atoms. The van der Waals surface area contributed by atoms with Crippen LogP contribution < -0.4 is 5.32 Å². The van der Waals surface area contributed by atoms with Crippen molar-refractivity contribution >= 4 is 40.9 Å². The van der Waals surface area contributed by atoms with Crippen LogP contribution in [0, 0.1) is 0 Å². The molecule has 1 aromatic carbocycles. The number of amides is 1. The van der Waals surface area contributed by atoms with Gasteiger partial charge in [-0.15, -0.1) is 0 Å². The molecule has 1 N–H and O–H groups in total. The summed E-state index contributed by atoms with van der Waals surface area (Å²) in [6.07, 6.45) is 4.45. The first-order valence-corrected chi connectivity index (χ1v) is 5.88. The zero-order valence-electron chi connectivity index (χ0n) is 9.19. The molecule has 0 aliphatic rings. The molecule has 0 aliphatic heterocycles. The van der Waals surface area contributed by atoms with Crippen molar-refractivity contribution in [1.29, 1.82) is 0 Å². The summed E-state index contributed by atoms with van der Waals surface area (Å²) in [6.45, 7) is 0. The molecule has 0 saturated carbocycles. The molecule has 1 amide bonds. The van der Waals surface area contributed by atoms with Crippen LogP contribution >= 0.6 is 23.2 Å². The number of halogens is 2. The number of rotatable bonds is 3. The smallest absolute Gasteiger partial charge is 0.248 e. The molecule has 2 rings (SSSR count). The highest BCUT2D eigenvalue weighted by Gasteiger charge is 2.04. The van der Waals surface area contributed by atoms with Gasteiger partial charge < -0.3 is 9.73 Å². The number of carbonyl (C=O) groups is 1. The molecule has 0 bridgehead atoms. The van der Waals surface area contributed by atoms with Gasteiger partial charge in [-0.1, -0.05) is 23.2 Å². The van der Waals surface area contributed by atoms with E-state index >= 15 is 0 Å². The molecule has 0 aliphatic carbocycles. The van der Waals surface area contributed by atoms with E-state index < -0.39 is 0 Å². The first kappa shape index (κ1) is 12.7. The Balaban J connectivity index is 2.05. The van der Waals surface area contributed by atoms with E-state index in [0.29, 0.717) is 21.5 Å². The van der Waals surface area contributed by atoms with Crippen molar-refractivity contribution in [3.8, 4) is 0 Å². The quantitative estimate of drug-likeness (QED) is 0.855. The first-order valence-electron chi connectivity index (χ1n) is 5.13. The van der Waals surface area contributed by atoms with Crippen molar-refractivity contribution in [1.82, 2.24) is 0 Å². The third-order valence-corrected chi connectivity index (χ3v) is 2.69. The second kappa shape index (κ2) is 5.76. The number of nitrogens with one attached hydrogen (secondary N) is 1. The van der Waals surface area contributed by atoms with E-state index in [-0.39, 0.29) is 5.91 Å². The molecule has 1 heterocycles. The predicted octanol–water partition coefficient (Wildman–Crippen LogP) is 4.24. The van der Waals surface area contributed by atoms with E-state index in [2.05, 4.69) is 5.32 Å². The van der Waals surface area contributed by atoms with E-state index in [9.17, 15) is 4.79 Å². The Bertz CT molecular complexity index is 577. The molecular formula is C13H9Cl2NO2. The monoisotopic (exact) mass is 281 g/mol. The Kier molecular flexibility index (Phi) is 4.07. The maximum Gasteiger partial charge on any atom is 0.248 e. The fraction of sp³-hybridized carbons (Fsp3) is 0. The van der Waals surface area contributed by atoms with Gasteiger partial charge in [-0.05, 0) is 36.4 Å². The number of anilines is 1. The second-order valence-corrected chi connectivity index (χ2v) is 4.31. The van der Waals surface area contributed by atoms with E-state index in [4.69, 9.17) is 27.6 Å². The Labute approximate surface area is 114 Å². The highest BCUT2D eigenvalue weighted by molar-refractivity contribution is 6.35. The summed E-state index contributed by atoms with van der Waals surface area (Å²) in [5.41, 5.74) is 0.471. The van der Waals surface area contributed by atoms with Crippen LogP contribution in [0.5, 0.6) is 0 Å². The standard InChI is InChI=1S/C13H9Cl2NO2/c14-9-3-5-11(15)12(8-9)16-13(17)6-4-10-2-1-7-18-10/h1-8H,(H,16,17). The van der Waals surface area contributed by atoms with Crippen LogP contribution in [0.2, 0.25) is 10.0 Å². The van der Waals surface area contributed by atoms with Gasteiger partial charge >= 0.3 is 0 Å². The Morgan fingerprint density at radius 1 is 1.28 bits per heavy atom. The molecule has 5 heteroatoms. The van der Waals surface area contributed by atoms with Crippen LogP contribution in [0.4, 0.5) is 5.69 Å². The average molecular weight is 282 g/mol. The lowest BCUT2D eigenvalue weighted by molar-refractivity contribution is -0.111. The third kappa shape index (κ3) is 3.39. The van der Waals surface area contributed by atoms with Crippen molar-refractivity contribution in [2.24, 2.45) is 0 Å². The number of hydrogen-bond donors (Lipinski definition) is 1. The van der Waals surface area contributed by atoms with Crippen molar-refractivity contribution in [2.45, 2.75) is 0 Å². The fourth-order valence-corrected chi connectivity index (χ4v) is 1.65. The molecule has 0 spiro atoms. The SMILES string of the molecule is O=C(C=Cc1ccco1)Nc1cc(Cl)ccc1Cl. The van der Waals surface area contributed by atoms with Crippen molar-refractivity contribution in [3.63, 3.8) is 0 Å². The fourth-order valence-electron chi connectivity index (χ4n) is 1.31. The summed E-state index contributed by atoms with van der Waals surface area (Å²) in [4.78, 5) is 11.6. The van der Waals surface area contributed by atoms with Gasteiger partial charge in [-0.3, -0.25) is 4.79 Å². The first-order chi connectivity index (χ1) is 8.65. The van der Waals surface area contributed by atoms with Gasteiger partial charge in [0, 0.05) is 11.1 Å². The molecule has 0 saturated heterocycles. The van der Waals surface area contributed by atoms with Gasteiger partial charge in [0.25, 0.3) is 0 Å². The van der Waals surface area contributed by atoms with Crippen LogP contribution in [0.3, 0.4) is 0 Å². The number of benzene rings is 1. The summed E-state index contributed by atoms with van der Waals surface area (Å²) in [7, 11) is 0. The molecule has 0 atom stereocenters. The van der Waals surface area contributed by atoms with Gasteiger partial charge in [0.05, 0.1) is 17.0 Å². The lowest BCUT2D eigenvalue weighted by Gasteiger charge is -2.04. The van der Waals surface area contributed by atoms with Crippen molar-refractivity contribution < 1.29 is 9.21 Å². The maximum atomic E-state index is 11.6. The molecule has 0 radical (unpaired) electrons. The summed E-state index contributed by atoms with van der Waals surface area (Å²) in [5.74, 6) is 0.290. The number of carbonyl (C=O) groups excluding carboxylic acids is 1. The second-order valence-electron chi connectivity index (χ2n) is 3.46. The van der Waals surface area contributed by atoms with Gasteiger partial charge in [-0.25, -0.2) is 0 Å². The summed E-state index contributed by atoms with van der Waals surface area (Å²) in [6, 6.07) is 8.35. The minimum absolute atomic E-state index is 0.310. The Hall–Kier alpha value is -1.71. The zero-order chi connectivity index (χ0) is 13.0. The maximum absolute atomic E-state index is 11.6. The lowest BCUT2D eigenvalue weighted by Crippen LogP contribution is -2.08. The Morgan fingerprint density at radius 3 is 2.83 bits per heavy atom. The molecule has 0 fully saturated rings. The van der Waals surface area contributed by atoms with Crippen LogP contribution in [-0.4, -0.2) is 5.91 Å². The van der Waals surface area contributed by atoms with Gasteiger partial charge in [-0.2, -0.15) is 0 Å². The Morgan fingerprint density at radius 2 is 2.11 bits per heavy atom. The predicted molar refractivity (Wildman–Crippen MR) is 72.8 cm³/mol.